The van der Waals surface area contributed by atoms with Crippen molar-refractivity contribution in [3.05, 3.63) is 41.8 Å². The fraction of sp³-hybridized carbons (Fsp3) is 0.200. The zero-order valence-electron chi connectivity index (χ0n) is 12.4. The number of esters is 1. The molecule has 0 unspecified atom stereocenters. The molecule has 23 heavy (non-hydrogen) atoms. The van der Waals surface area contributed by atoms with E-state index in [0.29, 0.717) is 5.56 Å². The molecule has 8 heteroatoms. The zero-order chi connectivity index (χ0) is 16.8. The molecular formula is C15H15FN4O3. The molecule has 120 valence electrons. The molecule has 0 aliphatic rings. The van der Waals surface area contributed by atoms with Gasteiger partial charge in [0.15, 0.2) is 0 Å². The summed E-state index contributed by atoms with van der Waals surface area (Å²) in [6.45, 7) is 1.73. The molecule has 0 aliphatic carbocycles. The summed E-state index contributed by atoms with van der Waals surface area (Å²) in [5.41, 5.74) is 5.97. The second-order valence-electron chi connectivity index (χ2n) is 4.50. The summed E-state index contributed by atoms with van der Waals surface area (Å²) >= 11 is 0. The molecule has 0 aliphatic heterocycles. The summed E-state index contributed by atoms with van der Waals surface area (Å²) in [5.74, 6) is -1.46. The van der Waals surface area contributed by atoms with E-state index in [1.807, 2.05) is 0 Å². The smallest absolute Gasteiger partial charge is 0.341 e. The van der Waals surface area contributed by atoms with Gasteiger partial charge in [-0.05, 0) is 31.2 Å². The number of amides is 1. The number of carbonyl (C=O) groups excluding carboxylic acids is 2. The van der Waals surface area contributed by atoms with Gasteiger partial charge in [-0.25, -0.2) is 19.2 Å². The number of benzene rings is 1. The number of anilines is 1. The number of rotatable bonds is 6. The van der Waals surface area contributed by atoms with Crippen molar-refractivity contribution in [3.8, 4) is 11.3 Å². The maximum Gasteiger partial charge on any atom is 0.341 e. The van der Waals surface area contributed by atoms with Gasteiger partial charge in [0.2, 0.25) is 11.9 Å². The Bertz CT molecular complexity index is 719. The molecule has 0 bridgehead atoms. The van der Waals surface area contributed by atoms with E-state index in [-0.39, 0.29) is 30.4 Å². The third-order valence-corrected chi connectivity index (χ3v) is 2.82. The molecule has 1 heterocycles. The van der Waals surface area contributed by atoms with Crippen molar-refractivity contribution < 1.29 is 18.7 Å². The zero-order valence-corrected chi connectivity index (χ0v) is 12.4. The Morgan fingerprint density at radius 2 is 2.00 bits per heavy atom. The molecule has 0 saturated carbocycles. The lowest BCUT2D eigenvalue weighted by atomic mass is 10.1. The van der Waals surface area contributed by atoms with Gasteiger partial charge < -0.3 is 15.8 Å². The van der Waals surface area contributed by atoms with E-state index < -0.39 is 17.7 Å². The average Bonchev–Trinajstić information content (AvgIpc) is 2.53. The minimum atomic E-state index is -0.590. The second kappa shape index (κ2) is 7.30. The summed E-state index contributed by atoms with van der Waals surface area (Å²) in [7, 11) is 0. The fourth-order valence-electron chi connectivity index (χ4n) is 1.82. The van der Waals surface area contributed by atoms with Crippen LogP contribution in [0.15, 0.2) is 30.5 Å². The van der Waals surface area contributed by atoms with Gasteiger partial charge in [-0.15, -0.1) is 0 Å². The molecule has 1 amide bonds. The van der Waals surface area contributed by atoms with E-state index in [4.69, 9.17) is 10.5 Å². The Labute approximate surface area is 131 Å². The third kappa shape index (κ3) is 4.22. The molecule has 0 saturated heterocycles. The van der Waals surface area contributed by atoms with Crippen LogP contribution in [0.5, 0.6) is 0 Å². The first-order valence-electron chi connectivity index (χ1n) is 6.83. The second-order valence-corrected chi connectivity index (χ2v) is 4.50. The van der Waals surface area contributed by atoms with Gasteiger partial charge in [0, 0.05) is 11.8 Å². The number of ether oxygens (including phenoxy) is 1. The van der Waals surface area contributed by atoms with Crippen molar-refractivity contribution in [1.82, 2.24) is 9.97 Å². The molecule has 0 atom stereocenters. The SMILES string of the molecule is CCOC(=O)c1cnc(NCC(N)=O)nc1-c1ccc(F)cc1. The van der Waals surface area contributed by atoms with Gasteiger partial charge in [-0.2, -0.15) is 0 Å². The van der Waals surface area contributed by atoms with E-state index in [2.05, 4.69) is 15.3 Å². The average molecular weight is 318 g/mol. The van der Waals surface area contributed by atoms with E-state index in [9.17, 15) is 14.0 Å². The van der Waals surface area contributed by atoms with Crippen LogP contribution in [-0.2, 0) is 9.53 Å². The molecule has 2 rings (SSSR count). The molecular weight excluding hydrogens is 303 g/mol. The highest BCUT2D eigenvalue weighted by Gasteiger charge is 2.17. The topological polar surface area (TPSA) is 107 Å². The summed E-state index contributed by atoms with van der Waals surface area (Å²) in [6.07, 6.45) is 1.28. The maximum atomic E-state index is 13.1. The number of nitrogens with one attached hydrogen (secondary N) is 1. The van der Waals surface area contributed by atoms with Gasteiger partial charge in [-0.3, -0.25) is 4.79 Å². The highest BCUT2D eigenvalue weighted by atomic mass is 19.1. The Balaban J connectivity index is 2.44. The van der Waals surface area contributed by atoms with E-state index >= 15 is 0 Å². The molecule has 7 nitrogen and oxygen atoms in total. The highest BCUT2D eigenvalue weighted by molar-refractivity contribution is 5.96. The Morgan fingerprint density at radius 1 is 1.30 bits per heavy atom. The van der Waals surface area contributed by atoms with Crippen LogP contribution < -0.4 is 11.1 Å². The van der Waals surface area contributed by atoms with Gasteiger partial charge >= 0.3 is 5.97 Å². The largest absolute Gasteiger partial charge is 0.462 e. The van der Waals surface area contributed by atoms with Crippen LogP contribution in [0.1, 0.15) is 17.3 Å². The number of hydrogen-bond donors (Lipinski definition) is 2. The molecule has 0 spiro atoms. The van der Waals surface area contributed by atoms with Gasteiger partial charge in [0.05, 0.1) is 18.8 Å². The van der Waals surface area contributed by atoms with Crippen molar-refractivity contribution in [2.75, 3.05) is 18.5 Å². The molecule has 3 N–H and O–H groups in total. The quantitative estimate of drug-likeness (QED) is 0.779. The van der Waals surface area contributed by atoms with E-state index in [1.165, 1.54) is 30.5 Å². The van der Waals surface area contributed by atoms with Crippen molar-refractivity contribution >= 4 is 17.8 Å². The predicted octanol–water partition coefficient (Wildman–Crippen LogP) is 1.36. The Morgan fingerprint density at radius 3 is 2.61 bits per heavy atom. The Hall–Kier alpha value is -3.03. The third-order valence-electron chi connectivity index (χ3n) is 2.82. The number of primary amides is 1. The van der Waals surface area contributed by atoms with Gasteiger partial charge in [0.1, 0.15) is 11.4 Å². The predicted molar refractivity (Wildman–Crippen MR) is 81.1 cm³/mol. The van der Waals surface area contributed by atoms with Gasteiger partial charge in [-0.1, -0.05) is 0 Å². The summed E-state index contributed by atoms with van der Waals surface area (Å²) in [4.78, 5) is 31.0. The number of hydrogen-bond acceptors (Lipinski definition) is 6. The number of nitrogens with two attached hydrogens (primary N) is 1. The molecule has 0 fully saturated rings. The standard InChI is InChI=1S/C15H15FN4O3/c1-2-23-14(22)11-7-18-15(19-8-12(17)21)20-13(11)9-3-5-10(16)6-4-9/h3-7H,2,8H2,1H3,(H2,17,21)(H,18,19,20). The van der Waals surface area contributed by atoms with Crippen LogP contribution in [0.4, 0.5) is 10.3 Å². The lowest BCUT2D eigenvalue weighted by Gasteiger charge is -2.10. The summed E-state index contributed by atoms with van der Waals surface area (Å²) < 4.78 is 18.0. The molecule has 1 aromatic carbocycles. The van der Waals surface area contributed by atoms with Crippen LogP contribution in [0.25, 0.3) is 11.3 Å². The van der Waals surface area contributed by atoms with Crippen LogP contribution in [0, 0.1) is 5.82 Å². The molecule has 0 radical (unpaired) electrons. The van der Waals surface area contributed by atoms with Crippen molar-refractivity contribution in [2.45, 2.75) is 6.92 Å². The van der Waals surface area contributed by atoms with E-state index in [1.54, 1.807) is 6.92 Å². The number of halogens is 1. The Kier molecular flexibility index (Phi) is 5.19. The maximum absolute atomic E-state index is 13.1. The van der Waals surface area contributed by atoms with Crippen molar-refractivity contribution in [1.29, 1.82) is 0 Å². The summed E-state index contributed by atoms with van der Waals surface area (Å²) in [6, 6.07) is 5.47. The lowest BCUT2D eigenvalue weighted by Crippen LogP contribution is -2.23. The number of carbonyl (C=O) groups is 2. The van der Waals surface area contributed by atoms with Crippen molar-refractivity contribution in [2.24, 2.45) is 5.73 Å². The molecule has 1 aromatic heterocycles. The van der Waals surface area contributed by atoms with Crippen LogP contribution in [-0.4, -0.2) is 35.0 Å². The lowest BCUT2D eigenvalue weighted by molar-refractivity contribution is -0.116. The fourth-order valence-corrected chi connectivity index (χ4v) is 1.82. The normalized spacial score (nSPS) is 10.2. The van der Waals surface area contributed by atoms with Gasteiger partial charge in [0.25, 0.3) is 0 Å². The first kappa shape index (κ1) is 16.3. The molecule has 2 aromatic rings. The monoisotopic (exact) mass is 318 g/mol. The first-order valence-corrected chi connectivity index (χ1v) is 6.83. The van der Waals surface area contributed by atoms with Crippen molar-refractivity contribution in [3.63, 3.8) is 0 Å². The van der Waals surface area contributed by atoms with Crippen LogP contribution in [0.3, 0.4) is 0 Å². The minimum absolute atomic E-state index is 0.121. The van der Waals surface area contributed by atoms with Crippen LogP contribution >= 0.6 is 0 Å². The van der Waals surface area contributed by atoms with E-state index in [0.717, 1.165) is 0 Å². The highest BCUT2D eigenvalue weighted by Crippen LogP contribution is 2.23. The minimum Gasteiger partial charge on any atom is -0.462 e. The van der Waals surface area contributed by atoms with Crippen LogP contribution in [0.2, 0.25) is 0 Å². The first-order chi connectivity index (χ1) is 11.0. The number of nitrogens with zero attached hydrogens (tertiary/aromatic N) is 2. The number of aromatic nitrogens is 2. The summed E-state index contributed by atoms with van der Waals surface area (Å²) in [5, 5.41) is 2.64.